The van der Waals surface area contributed by atoms with Crippen molar-refractivity contribution in [1.29, 1.82) is 0 Å². The van der Waals surface area contributed by atoms with Crippen LogP contribution in [0, 0.1) is 6.92 Å². The lowest BCUT2D eigenvalue weighted by Crippen LogP contribution is -2.39. The summed E-state index contributed by atoms with van der Waals surface area (Å²) >= 11 is 0. The van der Waals surface area contributed by atoms with Crippen LogP contribution in [0.5, 0.6) is 0 Å². The first-order chi connectivity index (χ1) is 6.95. The highest BCUT2D eigenvalue weighted by molar-refractivity contribution is 5.12. The summed E-state index contributed by atoms with van der Waals surface area (Å²) in [6.07, 6.45) is 1.05. The predicted molar refractivity (Wildman–Crippen MR) is 60.8 cm³/mol. The summed E-state index contributed by atoms with van der Waals surface area (Å²) in [6, 6.07) is 4.10. The average Bonchev–Trinajstić information content (AvgIpc) is 2.62. The van der Waals surface area contributed by atoms with Gasteiger partial charge in [-0.3, -0.25) is 0 Å². The van der Waals surface area contributed by atoms with E-state index in [0.717, 1.165) is 12.2 Å². The lowest BCUT2D eigenvalue weighted by Gasteiger charge is -2.23. The van der Waals surface area contributed by atoms with Gasteiger partial charge < -0.3 is 14.8 Å². The zero-order valence-corrected chi connectivity index (χ0v) is 10.0. The van der Waals surface area contributed by atoms with Gasteiger partial charge in [0.05, 0.1) is 0 Å². The van der Waals surface area contributed by atoms with Crippen molar-refractivity contribution >= 4 is 0 Å². The van der Waals surface area contributed by atoms with E-state index >= 15 is 0 Å². The number of aryl methyl sites for hydroxylation is 1. The molecule has 2 unspecified atom stereocenters. The minimum atomic E-state index is -0.933. The van der Waals surface area contributed by atoms with Gasteiger partial charge in [-0.1, -0.05) is 6.92 Å². The number of aliphatic hydroxyl groups is 1. The normalized spacial score (nSPS) is 17.4. The van der Waals surface area contributed by atoms with Gasteiger partial charge in [-0.15, -0.1) is 0 Å². The summed E-state index contributed by atoms with van der Waals surface area (Å²) in [7, 11) is 0. The molecule has 0 bridgehead atoms. The molecular weight excluding hydrogens is 190 g/mol. The van der Waals surface area contributed by atoms with E-state index in [9.17, 15) is 5.11 Å². The van der Waals surface area contributed by atoms with E-state index in [2.05, 4.69) is 19.2 Å². The van der Waals surface area contributed by atoms with Crippen LogP contribution in [0.15, 0.2) is 16.5 Å². The van der Waals surface area contributed by atoms with E-state index in [-0.39, 0.29) is 0 Å². The second kappa shape index (κ2) is 4.81. The van der Waals surface area contributed by atoms with Crippen LogP contribution < -0.4 is 5.32 Å². The van der Waals surface area contributed by atoms with Crippen LogP contribution in [-0.2, 0) is 5.60 Å². The van der Waals surface area contributed by atoms with Gasteiger partial charge in [0.15, 0.2) is 0 Å². The zero-order chi connectivity index (χ0) is 11.5. The molecule has 0 radical (unpaired) electrons. The number of hydrogen-bond acceptors (Lipinski definition) is 3. The second-order valence-corrected chi connectivity index (χ2v) is 4.37. The van der Waals surface area contributed by atoms with Crippen molar-refractivity contribution < 1.29 is 9.52 Å². The Balaban J connectivity index is 2.59. The Morgan fingerprint density at radius 3 is 2.67 bits per heavy atom. The van der Waals surface area contributed by atoms with Crippen molar-refractivity contribution in [1.82, 2.24) is 5.32 Å². The van der Waals surface area contributed by atoms with Crippen molar-refractivity contribution in [3.8, 4) is 0 Å². The van der Waals surface area contributed by atoms with Crippen molar-refractivity contribution in [2.24, 2.45) is 0 Å². The van der Waals surface area contributed by atoms with Gasteiger partial charge in [0.25, 0.3) is 0 Å². The summed E-state index contributed by atoms with van der Waals surface area (Å²) in [5.74, 6) is 1.45. The topological polar surface area (TPSA) is 45.4 Å². The Kier molecular flexibility index (Phi) is 3.94. The van der Waals surface area contributed by atoms with Crippen LogP contribution in [0.1, 0.15) is 38.7 Å². The molecule has 1 aromatic heterocycles. The van der Waals surface area contributed by atoms with Crippen molar-refractivity contribution in [3.63, 3.8) is 0 Å². The SMILES string of the molecule is CCC(C)NCC(C)(O)c1ccc(C)o1. The molecule has 86 valence electrons. The van der Waals surface area contributed by atoms with E-state index in [1.54, 1.807) is 6.92 Å². The highest BCUT2D eigenvalue weighted by Gasteiger charge is 2.26. The molecule has 0 aromatic carbocycles. The van der Waals surface area contributed by atoms with Gasteiger partial charge in [-0.2, -0.15) is 0 Å². The Hall–Kier alpha value is -0.800. The molecule has 2 N–H and O–H groups in total. The minimum Gasteiger partial charge on any atom is -0.463 e. The Labute approximate surface area is 91.5 Å². The maximum atomic E-state index is 10.2. The summed E-state index contributed by atoms with van der Waals surface area (Å²) in [6.45, 7) is 8.37. The Morgan fingerprint density at radius 2 is 2.20 bits per heavy atom. The highest BCUT2D eigenvalue weighted by Crippen LogP contribution is 2.22. The van der Waals surface area contributed by atoms with E-state index < -0.39 is 5.60 Å². The fourth-order valence-electron chi connectivity index (χ4n) is 1.33. The lowest BCUT2D eigenvalue weighted by atomic mass is 10.0. The maximum absolute atomic E-state index is 10.2. The smallest absolute Gasteiger partial charge is 0.136 e. The third-order valence-electron chi connectivity index (χ3n) is 2.68. The molecule has 2 atom stereocenters. The second-order valence-electron chi connectivity index (χ2n) is 4.37. The number of hydrogen-bond donors (Lipinski definition) is 2. The molecule has 1 aromatic rings. The van der Waals surface area contributed by atoms with E-state index in [4.69, 9.17) is 4.42 Å². The third-order valence-corrected chi connectivity index (χ3v) is 2.68. The highest BCUT2D eigenvalue weighted by atomic mass is 16.4. The molecule has 1 rings (SSSR count). The van der Waals surface area contributed by atoms with Crippen LogP contribution in [-0.4, -0.2) is 17.7 Å². The standard InChI is InChI=1S/C12H21NO2/c1-5-9(2)13-8-12(4,14)11-7-6-10(3)15-11/h6-7,9,13-14H,5,8H2,1-4H3. The molecule has 0 fully saturated rings. The largest absolute Gasteiger partial charge is 0.463 e. The van der Waals surface area contributed by atoms with Crippen molar-refractivity contribution in [3.05, 3.63) is 23.7 Å². The zero-order valence-electron chi connectivity index (χ0n) is 10.0. The van der Waals surface area contributed by atoms with Crippen LogP contribution in [0.3, 0.4) is 0 Å². The van der Waals surface area contributed by atoms with Gasteiger partial charge in [-0.25, -0.2) is 0 Å². The van der Waals surface area contributed by atoms with E-state index in [1.807, 2.05) is 19.1 Å². The van der Waals surface area contributed by atoms with Gasteiger partial charge in [-0.05, 0) is 39.3 Å². The summed E-state index contributed by atoms with van der Waals surface area (Å²) in [5, 5.41) is 13.5. The molecule has 0 aliphatic heterocycles. The predicted octanol–water partition coefficient (Wildman–Crippen LogP) is 2.18. The van der Waals surface area contributed by atoms with Crippen LogP contribution in [0.25, 0.3) is 0 Å². The Morgan fingerprint density at radius 1 is 1.53 bits per heavy atom. The quantitative estimate of drug-likeness (QED) is 0.784. The average molecular weight is 211 g/mol. The number of rotatable bonds is 5. The van der Waals surface area contributed by atoms with Crippen molar-refractivity contribution in [2.75, 3.05) is 6.54 Å². The minimum absolute atomic E-state index is 0.410. The molecule has 3 heteroatoms. The van der Waals surface area contributed by atoms with E-state index in [0.29, 0.717) is 18.3 Å². The molecule has 1 heterocycles. The molecule has 0 saturated carbocycles. The first kappa shape index (κ1) is 12.3. The summed E-state index contributed by atoms with van der Waals surface area (Å²) in [4.78, 5) is 0. The maximum Gasteiger partial charge on any atom is 0.136 e. The molecular formula is C12H21NO2. The number of furan rings is 1. The van der Waals surface area contributed by atoms with Crippen molar-refractivity contribution in [2.45, 2.75) is 45.8 Å². The van der Waals surface area contributed by atoms with Gasteiger partial charge in [0, 0.05) is 12.6 Å². The molecule has 0 aliphatic carbocycles. The molecule has 0 saturated heterocycles. The lowest BCUT2D eigenvalue weighted by molar-refractivity contribution is 0.0312. The summed E-state index contributed by atoms with van der Waals surface area (Å²) in [5.41, 5.74) is -0.933. The van der Waals surface area contributed by atoms with Gasteiger partial charge in [0.2, 0.25) is 0 Å². The van der Waals surface area contributed by atoms with Gasteiger partial charge in [0.1, 0.15) is 17.1 Å². The molecule has 0 spiro atoms. The Bertz CT molecular complexity index is 304. The monoisotopic (exact) mass is 211 g/mol. The van der Waals surface area contributed by atoms with E-state index in [1.165, 1.54) is 0 Å². The number of nitrogens with one attached hydrogen (secondary N) is 1. The molecule has 0 aliphatic rings. The van der Waals surface area contributed by atoms with Crippen LogP contribution in [0.2, 0.25) is 0 Å². The third kappa shape index (κ3) is 3.36. The van der Waals surface area contributed by atoms with Crippen LogP contribution in [0.4, 0.5) is 0 Å². The van der Waals surface area contributed by atoms with Gasteiger partial charge >= 0.3 is 0 Å². The molecule has 15 heavy (non-hydrogen) atoms. The fourth-order valence-corrected chi connectivity index (χ4v) is 1.33. The molecule has 0 amide bonds. The fraction of sp³-hybridized carbons (Fsp3) is 0.667. The van der Waals surface area contributed by atoms with Crippen LogP contribution >= 0.6 is 0 Å². The first-order valence-corrected chi connectivity index (χ1v) is 5.48. The molecule has 3 nitrogen and oxygen atoms in total. The summed E-state index contributed by atoms with van der Waals surface area (Å²) < 4.78 is 5.42. The first-order valence-electron chi connectivity index (χ1n) is 5.48.